The molecule has 0 amide bonds. The number of hydrogen-bond donors (Lipinski definition) is 2. The van der Waals surface area contributed by atoms with Gasteiger partial charge in [0, 0.05) is 6.04 Å². The maximum Gasteiger partial charge on any atom is 0.320 e. The average molecular weight is 265 g/mol. The second-order valence-electron chi connectivity index (χ2n) is 4.87. The van der Waals surface area contributed by atoms with E-state index in [4.69, 9.17) is 9.84 Å². The number of ether oxygens (including phenoxy) is 1. The highest BCUT2D eigenvalue weighted by Gasteiger charge is 2.18. The minimum absolute atomic E-state index is 0.00560. The minimum atomic E-state index is -0.802. The fraction of sp³-hybridized carbons (Fsp3) is 0.533. The molecule has 2 unspecified atom stereocenters. The summed E-state index contributed by atoms with van der Waals surface area (Å²) < 4.78 is 5.63. The lowest BCUT2D eigenvalue weighted by Crippen LogP contribution is -2.44. The molecule has 1 rings (SSSR count). The number of aliphatic carboxylic acids is 1. The molecule has 4 heteroatoms. The Kier molecular flexibility index (Phi) is 6.36. The van der Waals surface area contributed by atoms with Crippen LogP contribution in [-0.4, -0.2) is 29.8 Å². The van der Waals surface area contributed by atoms with Crippen LogP contribution in [0.5, 0.6) is 5.75 Å². The summed E-state index contributed by atoms with van der Waals surface area (Å²) in [5.74, 6) is 0.00523. The van der Waals surface area contributed by atoms with Gasteiger partial charge in [-0.1, -0.05) is 31.0 Å². The molecule has 2 atom stereocenters. The third-order valence-electron chi connectivity index (χ3n) is 2.88. The molecule has 0 fully saturated rings. The Hall–Kier alpha value is -1.55. The Balaban J connectivity index is 2.39. The van der Waals surface area contributed by atoms with Gasteiger partial charge in [0.25, 0.3) is 0 Å². The number of aryl methyl sites for hydroxylation is 1. The lowest BCUT2D eigenvalue weighted by molar-refractivity contribution is -0.139. The first-order valence-electron chi connectivity index (χ1n) is 6.71. The van der Waals surface area contributed by atoms with Crippen molar-refractivity contribution < 1.29 is 14.6 Å². The number of carboxylic acids is 1. The maximum atomic E-state index is 11.0. The van der Waals surface area contributed by atoms with E-state index < -0.39 is 12.0 Å². The summed E-state index contributed by atoms with van der Waals surface area (Å²) in [5, 5.41) is 12.1. The van der Waals surface area contributed by atoms with Crippen molar-refractivity contribution in [1.82, 2.24) is 5.32 Å². The average Bonchev–Trinajstić information content (AvgIpc) is 2.37. The predicted octanol–water partition coefficient (Wildman–Crippen LogP) is 2.61. The first kappa shape index (κ1) is 15.5. The molecule has 1 aromatic rings. The van der Waals surface area contributed by atoms with E-state index in [1.165, 1.54) is 5.56 Å². The number of carboxylic acid groups (broad SMARTS) is 1. The Morgan fingerprint density at radius 3 is 2.53 bits per heavy atom. The third kappa shape index (κ3) is 5.75. The second kappa shape index (κ2) is 7.79. The lowest BCUT2D eigenvalue weighted by atomic mass is 10.1. The number of carbonyl (C=O) groups is 1. The molecule has 0 bridgehead atoms. The van der Waals surface area contributed by atoms with Crippen molar-refractivity contribution in [2.75, 3.05) is 6.61 Å². The normalized spacial score (nSPS) is 13.8. The van der Waals surface area contributed by atoms with E-state index in [1.54, 1.807) is 0 Å². The van der Waals surface area contributed by atoms with E-state index in [1.807, 2.05) is 45.0 Å². The van der Waals surface area contributed by atoms with Gasteiger partial charge in [-0.05, 0) is 32.4 Å². The van der Waals surface area contributed by atoms with Gasteiger partial charge < -0.3 is 9.84 Å². The zero-order valence-corrected chi connectivity index (χ0v) is 11.8. The summed E-state index contributed by atoms with van der Waals surface area (Å²) in [6, 6.07) is 7.32. The van der Waals surface area contributed by atoms with E-state index in [0.717, 1.165) is 12.2 Å². The first-order chi connectivity index (χ1) is 9.02. The van der Waals surface area contributed by atoms with Crippen molar-refractivity contribution >= 4 is 5.97 Å². The largest absolute Gasteiger partial charge is 0.492 e. The summed E-state index contributed by atoms with van der Waals surface area (Å²) in [6.07, 6.45) is 1.47. The zero-order chi connectivity index (χ0) is 14.3. The number of nitrogens with one attached hydrogen (secondary N) is 1. The van der Waals surface area contributed by atoms with Gasteiger partial charge in [-0.15, -0.1) is 0 Å². The molecule has 0 aliphatic rings. The highest BCUT2D eigenvalue weighted by molar-refractivity contribution is 5.73. The molecule has 0 saturated carbocycles. The van der Waals surface area contributed by atoms with Gasteiger partial charge in [0.2, 0.25) is 0 Å². The first-order valence-corrected chi connectivity index (χ1v) is 6.71. The van der Waals surface area contributed by atoms with Crippen LogP contribution in [0.4, 0.5) is 0 Å². The smallest absolute Gasteiger partial charge is 0.320 e. The fourth-order valence-corrected chi connectivity index (χ4v) is 1.81. The van der Waals surface area contributed by atoms with Gasteiger partial charge in [0.1, 0.15) is 18.4 Å². The highest BCUT2D eigenvalue weighted by Crippen LogP contribution is 2.11. The standard InChI is InChI=1S/C15H23NO3/c1-4-5-14(15(17)18)16-12(3)10-19-13-8-6-11(2)7-9-13/h6-9,12,14,16H,4-5,10H2,1-3H3,(H,17,18). The minimum Gasteiger partial charge on any atom is -0.492 e. The summed E-state index contributed by atoms with van der Waals surface area (Å²) in [6.45, 7) is 6.39. The number of benzene rings is 1. The van der Waals surface area contributed by atoms with Crippen molar-refractivity contribution in [3.8, 4) is 5.75 Å². The van der Waals surface area contributed by atoms with Gasteiger partial charge in [-0.2, -0.15) is 0 Å². The van der Waals surface area contributed by atoms with Gasteiger partial charge in [-0.25, -0.2) is 0 Å². The molecule has 19 heavy (non-hydrogen) atoms. The SMILES string of the molecule is CCCC(NC(C)COc1ccc(C)cc1)C(=O)O. The molecule has 0 aromatic heterocycles. The summed E-state index contributed by atoms with van der Waals surface area (Å²) >= 11 is 0. The Morgan fingerprint density at radius 1 is 1.37 bits per heavy atom. The summed E-state index contributed by atoms with van der Waals surface area (Å²) in [5.41, 5.74) is 1.19. The highest BCUT2D eigenvalue weighted by atomic mass is 16.5. The molecule has 0 spiro atoms. The van der Waals surface area contributed by atoms with Crippen LogP contribution in [0.25, 0.3) is 0 Å². The van der Waals surface area contributed by atoms with Crippen LogP contribution in [0.1, 0.15) is 32.3 Å². The molecule has 0 aliphatic carbocycles. The molecule has 1 aromatic carbocycles. The molecular formula is C15H23NO3. The molecule has 106 valence electrons. The van der Waals surface area contributed by atoms with Crippen molar-refractivity contribution in [1.29, 1.82) is 0 Å². The topological polar surface area (TPSA) is 58.6 Å². The molecule has 0 aliphatic heterocycles. The van der Waals surface area contributed by atoms with Gasteiger partial charge in [0.15, 0.2) is 0 Å². The van der Waals surface area contributed by atoms with E-state index in [9.17, 15) is 4.79 Å². The Labute approximate surface area is 114 Å². The number of hydrogen-bond acceptors (Lipinski definition) is 3. The second-order valence-corrected chi connectivity index (χ2v) is 4.87. The maximum absolute atomic E-state index is 11.0. The van der Waals surface area contributed by atoms with Crippen molar-refractivity contribution in [3.63, 3.8) is 0 Å². The molecule has 0 saturated heterocycles. The van der Waals surface area contributed by atoms with Crippen LogP contribution in [0.15, 0.2) is 24.3 Å². The van der Waals surface area contributed by atoms with Crippen molar-refractivity contribution in [2.24, 2.45) is 0 Å². The monoisotopic (exact) mass is 265 g/mol. The third-order valence-corrected chi connectivity index (χ3v) is 2.88. The molecular weight excluding hydrogens is 242 g/mol. The molecule has 0 radical (unpaired) electrons. The van der Waals surface area contributed by atoms with E-state index in [2.05, 4.69) is 5.32 Å². The lowest BCUT2D eigenvalue weighted by Gasteiger charge is -2.20. The Morgan fingerprint density at radius 2 is 2.00 bits per heavy atom. The fourth-order valence-electron chi connectivity index (χ4n) is 1.81. The molecule has 2 N–H and O–H groups in total. The molecule has 0 heterocycles. The van der Waals surface area contributed by atoms with E-state index in [-0.39, 0.29) is 6.04 Å². The van der Waals surface area contributed by atoms with Crippen LogP contribution in [0, 0.1) is 6.92 Å². The quantitative estimate of drug-likeness (QED) is 0.758. The van der Waals surface area contributed by atoms with Crippen molar-refractivity contribution in [3.05, 3.63) is 29.8 Å². The predicted molar refractivity (Wildman–Crippen MR) is 75.6 cm³/mol. The van der Waals surface area contributed by atoms with Crippen LogP contribution >= 0.6 is 0 Å². The Bertz CT molecular complexity index is 389. The van der Waals surface area contributed by atoms with E-state index in [0.29, 0.717) is 13.0 Å². The van der Waals surface area contributed by atoms with Gasteiger partial charge in [-0.3, -0.25) is 10.1 Å². The summed E-state index contributed by atoms with van der Waals surface area (Å²) in [4.78, 5) is 11.0. The van der Waals surface area contributed by atoms with Crippen LogP contribution in [-0.2, 0) is 4.79 Å². The number of rotatable bonds is 8. The van der Waals surface area contributed by atoms with Gasteiger partial charge >= 0.3 is 5.97 Å². The molecule has 4 nitrogen and oxygen atoms in total. The van der Waals surface area contributed by atoms with Crippen molar-refractivity contribution in [2.45, 2.75) is 45.7 Å². The van der Waals surface area contributed by atoms with Crippen LogP contribution in [0.2, 0.25) is 0 Å². The zero-order valence-electron chi connectivity index (χ0n) is 11.8. The van der Waals surface area contributed by atoms with E-state index >= 15 is 0 Å². The van der Waals surface area contributed by atoms with Gasteiger partial charge in [0.05, 0.1) is 0 Å². The van der Waals surface area contributed by atoms with Crippen LogP contribution < -0.4 is 10.1 Å². The van der Waals surface area contributed by atoms with Crippen LogP contribution in [0.3, 0.4) is 0 Å². The summed E-state index contributed by atoms with van der Waals surface area (Å²) in [7, 11) is 0.